The van der Waals surface area contributed by atoms with Crippen LogP contribution in [0.15, 0.2) is 24.3 Å². The number of benzene rings is 1. The molecule has 0 bridgehead atoms. The van der Waals surface area contributed by atoms with E-state index >= 15 is 0 Å². The maximum absolute atomic E-state index is 12.5. The number of carbonyl (C=O) groups is 2. The van der Waals surface area contributed by atoms with Crippen molar-refractivity contribution in [3.63, 3.8) is 0 Å². The van der Waals surface area contributed by atoms with E-state index in [9.17, 15) is 9.59 Å². The molecule has 5 heteroatoms. The molecule has 1 aliphatic heterocycles. The van der Waals surface area contributed by atoms with Gasteiger partial charge < -0.3 is 15.0 Å². The van der Waals surface area contributed by atoms with Gasteiger partial charge in [-0.05, 0) is 32.3 Å². The lowest BCUT2D eigenvalue weighted by atomic mass is 9.97. The summed E-state index contributed by atoms with van der Waals surface area (Å²) in [4.78, 5) is 26.4. The molecule has 1 N–H and O–H groups in total. The van der Waals surface area contributed by atoms with Gasteiger partial charge in [0, 0.05) is 26.6 Å². The number of aryl methyl sites for hydroxylation is 1. The number of amides is 2. The average Bonchev–Trinajstić information content (AvgIpc) is 2.83. The number of likely N-dealkylation sites (tertiary alicyclic amines) is 1. The smallest absolute Gasteiger partial charge is 0.245 e. The third-order valence-electron chi connectivity index (χ3n) is 4.55. The molecule has 23 heavy (non-hydrogen) atoms. The maximum atomic E-state index is 12.5. The molecule has 1 saturated heterocycles. The van der Waals surface area contributed by atoms with Gasteiger partial charge in [0.15, 0.2) is 0 Å². The molecule has 0 saturated carbocycles. The summed E-state index contributed by atoms with van der Waals surface area (Å²) in [5.74, 6) is -0.0363. The third-order valence-corrected chi connectivity index (χ3v) is 4.55. The number of rotatable bonds is 7. The standard InChI is InChI=1S/C18H26N2O3/c1-14-4-6-15(7-5-14)9-12-20-16(21)8-10-18(20,2)17(22)19-11-13-23-3/h4-7H,8-13H2,1-3H3,(H,19,22)/t18-/m0/s1. The van der Waals surface area contributed by atoms with Crippen molar-refractivity contribution in [1.82, 2.24) is 10.2 Å². The lowest BCUT2D eigenvalue weighted by Gasteiger charge is -2.34. The second kappa shape index (κ2) is 7.59. The second-order valence-electron chi connectivity index (χ2n) is 6.30. The van der Waals surface area contributed by atoms with E-state index in [-0.39, 0.29) is 11.8 Å². The fraction of sp³-hybridized carbons (Fsp3) is 0.556. The van der Waals surface area contributed by atoms with Gasteiger partial charge in [-0.15, -0.1) is 0 Å². The summed E-state index contributed by atoms with van der Waals surface area (Å²) in [6.45, 7) is 5.41. The van der Waals surface area contributed by atoms with E-state index in [0.29, 0.717) is 32.5 Å². The van der Waals surface area contributed by atoms with Crippen molar-refractivity contribution in [2.45, 2.75) is 38.6 Å². The minimum atomic E-state index is -0.754. The lowest BCUT2D eigenvalue weighted by Crippen LogP contribution is -2.55. The number of nitrogens with zero attached hydrogens (tertiary/aromatic N) is 1. The van der Waals surface area contributed by atoms with Crippen LogP contribution in [0.5, 0.6) is 0 Å². The highest BCUT2D eigenvalue weighted by molar-refractivity contribution is 5.94. The SMILES string of the molecule is COCCNC(=O)[C@]1(C)CCC(=O)N1CCc1ccc(C)cc1. The molecule has 0 aliphatic carbocycles. The molecule has 1 aliphatic rings. The predicted octanol–water partition coefficient (Wildman–Crippen LogP) is 1.68. The highest BCUT2D eigenvalue weighted by atomic mass is 16.5. The molecule has 0 spiro atoms. The zero-order valence-corrected chi connectivity index (χ0v) is 14.2. The molecule has 1 atom stereocenters. The summed E-state index contributed by atoms with van der Waals surface area (Å²) < 4.78 is 4.96. The van der Waals surface area contributed by atoms with Crippen LogP contribution in [0.4, 0.5) is 0 Å². The molecule has 5 nitrogen and oxygen atoms in total. The van der Waals surface area contributed by atoms with Gasteiger partial charge in [-0.25, -0.2) is 0 Å². The Morgan fingerprint density at radius 1 is 1.35 bits per heavy atom. The number of nitrogens with one attached hydrogen (secondary N) is 1. The van der Waals surface area contributed by atoms with Gasteiger partial charge in [0.1, 0.15) is 5.54 Å². The molecule has 1 fully saturated rings. The Kier molecular flexibility index (Phi) is 5.77. The Hall–Kier alpha value is -1.88. The third kappa shape index (κ3) is 4.10. The molecule has 1 aromatic rings. The van der Waals surface area contributed by atoms with E-state index in [2.05, 4.69) is 36.5 Å². The van der Waals surface area contributed by atoms with Gasteiger partial charge in [0.05, 0.1) is 6.61 Å². The van der Waals surface area contributed by atoms with Crippen LogP contribution in [0.1, 0.15) is 30.9 Å². The first-order chi connectivity index (χ1) is 11.0. The number of hydrogen-bond donors (Lipinski definition) is 1. The molecule has 126 valence electrons. The molecule has 1 heterocycles. The zero-order valence-electron chi connectivity index (χ0n) is 14.2. The van der Waals surface area contributed by atoms with Crippen molar-refractivity contribution in [3.8, 4) is 0 Å². The largest absolute Gasteiger partial charge is 0.383 e. The highest BCUT2D eigenvalue weighted by Crippen LogP contribution is 2.30. The van der Waals surface area contributed by atoms with Gasteiger partial charge in [0.25, 0.3) is 0 Å². The van der Waals surface area contributed by atoms with E-state index < -0.39 is 5.54 Å². The van der Waals surface area contributed by atoms with E-state index in [4.69, 9.17) is 4.74 Å². The van der Waals surface area contributed by atoms with Crippen molar-refractivity contribution in [3.05, 3.63) is 35.4 Å². The number of carbonyl (C=O) groups excluding carboxylic acids is 2. The molecule has 0 unspecified atom stereocenters. The molecular weight excluding hydrogens is 292 g/mol. The summed E-state index contributed by atoms with van der Waals surface area (Å²) in [6.07, 6.45) is 1.76. The van der Waals surface area contributed by atoms with Crippen LogP contribution >= 0.6 is 0 Å². The summed E-state index contributed by atoms with van der Waals surface area (Å²) >= 11 is 0. The van der Waals surface area contributed by atoms with Crippen molar-refractivity contribution in [2.75, 3.05) is 26.8 Å². The molecule has 0 aromatic heterocycles. The minimum absolute atomic E-state index is 0.0569. The fourth-order valence-corrected chi connectivity index (χ4v) is 2.96. The van der Waals surface area contributed by atoms with Crippen LogP contribution in [0.25, 0.3) is 0 Å². The summed E-state index contributed by atoms with van der Waals surface area (Å²) in [5.41, 5.74) is 1.64. The van der Waals surface area contributed by atoms with Crippen LogP contribution in [0.2, 0.25) is 0 Å². The van der Waals surface area contributed by atoms with E-state index in [1.807, 2.05) is 6.92 Å². The Morgan fingerprint density at radius 2 is 2.04 bits per heavy atom. The van der Waals surface area contributed by atoms with Crippen LogP contribution in [-0.2, 0) is 20.7 Å². The first-order valence-corrected chi connectivity index (χ1v) is 8.10. The normalized spacial score (nSPS) is 20.8. The van der Waals surface area contributed by atoms with Crippen LogP contribution < -0.4 is 5.32 Å². The van der Waals surface area contributed by atoms with E-state index in [1.165, 1.54) is 11.1 Å². The fourth-order valence-electron chi connectivity index (χ4n) is 2.96. The molecule has 2 rings (SSSR count). The monoisotopic (exact) mass is 318 g/mol. The number of ether oxygens (including phenoxy) is 1. The van der Waals surface area contributed by atoms with Crippen LogP contribution in [0, 0.1) is 6.92 Å². The first-order valence-electron chi connectivity index (χ1n) is 8.10. The number of methoxy groups -OCH3 is 1. The minimum Gasteiger partial charge on any atom is -0.383 e. The summed E-state index contributed by atoms with van der Waals surface area (Å²) in [7, 11) is 1.60. The van der Waals surface area contributed by atoms with Crippen LogP contribution in [-0.4, -0.2) is 49.1 Å². The second-order valence-corrected chi connectivity index (χ2v) is 6.30. The Bertz CT molecular complexity index is 556. The summed E-state index contributed by atoms with van der Waals surface area (Å²) in [6, 6.07) is 8.29. The van der Waals surface area contributed by atoms with E-state index in [1.54, 1.807) is 12.0 Å². The van der Waals surface area contributed by atoms with Crippen molar-refractivity contribution in [2.24, 2.45) is 0 Å². The van der Waals surface area contributed by atoms with Gasteiger partial charge in [0.2, 0.25) is 11.8 Å². The number of hydrogen-bond acceptors (Lipinski definition) is 3. The van der Waals surface area contributed by atoms with Crippen molar-refractivity contribution >= 4 is 11.8 Å². The van der Waals surface area contributed by atoms with Crippen molar-refractivity contribution < 1.29 is 14.3 Å². The highest BCUT2D eigenvalue weighted by Gasteiger charge is 2.46. The molecular formula is C18H26N2O3. The van der Waals surface area contributed by atoms with Gasteiger partial charge in [-0.1, -0.05) is 29.8 Å². The molecule has 2 amide bonds. The Labute approximate surface area is 138 Å². The van der Waals surface area contributed by atoms with Gasteiger partial charge >= 0.3 is 0 Å². The topological polar surface area (TPSA) is 58.6 Å². The summed E-state index contributed by atoms with van der Waals surface area (Å²) in [5, 5.41) is 2.86. The zero-order chi connectivity index (χ0) is 16.9. The van der Waals surface area contributed by atoms with Gasteiger partial charge in [-0.2, -0.15) is 0 Å². The quantitative estimate of drug-likeness (QED) is 0.778. The predicted molar refractivity (Wildman–Crippen MR) is 89.1 cm³/mol. The maximum Gasteiger partial charge on any atom is 0.245 e. The lowest BCUT2D eigenvalue weighted by molar-refractivity contribution is -0.140. The van der Waals surface area contributed by atoms with Crippen molar-refractivity contribution in [1.29, 1.82) is 0 Å². The molecule has 1 aromatic carbocycles. The van der Waals surface area contributed by atoms with Crippen LogP contribution in [0.3, 0.4) is 0 Å². The Balaban J connectivity index is 2.00. The van der Waals surface area contributed by atoms with Gasteiger partial charge in [-0.3, -0.25) is 9.59 Å². The molecule has 0 radical (unpaired) electrons. The average molecular weight is 318 g/mol. The first kappa shape index (κ1) is 17.5. The van der Waals surface area contributed by atoms with E-state index in [0.717, 1.165) is 6.42 Å². The Morgan fingerprint density at radius 3 is 2.70 bits per heavy atom.